The van der Waals surface area contributed by atoms with Crippen molar-refractivity contribution in [2.45, 2.75) is 39.0 Å². The molecule has 4 heteroatoms. The number of thiazole rings is 1. The lowest BCUT2D eigenvalue weighted by atomic mass is 9.90. The van der Waals surface area contributed by atoms with E-state index in [1.165, 1.54) is 32.1 Å². The number of nitrogens with zero attached hydrogens (tertiary/aromatic N) is 3. The molecule has 0 amide bonds. The van der Waals surface area contributed by atoms with Gasteiger partial charge in [-0.1, -0.05) is 19.3 Å². The fourth-order valence-electron chi connectivity index (χ4n) is 2.12. The van der Waals surface area contributed by atoms with E-state index in [1.54, 1.807) is 11.3 Å². The standard InChI is InChI=1S/C12H19N3S/c1-10-9-16-12(13-2)15(10)14-8-11-6-4-3-5-7-11/h8-9,11H,3-7H2,1-2H3/b13-12?,14-8-. The number of rotatable bonds is 2. The van der Waals surface area contributed by atoms with Crippen LogP contribution in [0, 0.1) is 12.8 Å². The van der Waals surface area contributed by atoms with Crippen molar-refractivity contribution >= 4 is 17.6 Å². The van der Waals surface area contributed by atoms with Crippen LogP contribution in [0.3, 0.4) is 0 Å². The van der Waals surface area contributed by atoms with Crippen LogP contribution in [0.2, 0.25) is 0 Å². The van der Waals surface area contributed by atoms with Gasteiger partial charge < -0.3 is 0 Å². The molecule has 1 heterocycles. The third-order valence-corrected chi connectivity index (χ3v) is 4.11. The fourth-order valence-corrected chi connectivity index (χ4v) is 2.89. The van der Waals surface area contributed by atoms with E-state index in [2.05, 4.69) is 28.6 Å². The molecule has 88 valence electrons. The summed E-state index contributed by atoms with van der Waals surface area (Å²) < 4.78 is 1.94. The summed E-state index contributed by atoms with van der Waals surface area (Å²) in [7, 11) is 1.82. The molecule has 1 aromatic heterocycles. The van der Waals surface area contributed by atoms with Crippen molar-refractivity contribution in [1.82, 2.24) is 4.68 Å². The molecular weight excluding hydrogens is 218 g/mol. The summed E-state index contributed by atoms with van der Waals surface area (Å²) in [6.45, 7) is 2.07. The van der Waals surface area contributed by atoms with Crippen LogP contribution in [-0.2, 0) is 0 Å². The molecular formula is C12H19N3S. The third kappa shape index (κ3) is 2.61. The lowest BCUT2D eigenvalue weighted by molar-refractivity contribution is 0.443. The molecule has 2 rings (SSSR count). The molecule has 1 aliphatic rings. The quantitative estimate of drug-likeness (QED) is 0.708. The highest BCUT2D eigenvalue weighted by atomic mass is 32.1. The van der Waals surface area contributed by atoms with Crippen LogP contribution in [-0.4, -0.2) is 17.9 Å². The van der Waals surface area contributed by atoms with E-state index in [1.807, 2.05) is 11.7 Å². The molecule has 0 spiro atoms. The lowest BCUT2D eigenvalue weighted by Crippen LogP contribution is -2.14. The normalized spacial score (nSPS) is 19.8. The number of aromatic nitrogens is 1. The zero-order chi connectivity index (χ0) is 11.4. The summed E-state index contributed by atoms with van der Waals surface area (Å²) in [5.41, 5.74) is 1.16. The highest BCUT2D eigenvalue weighted by molar-refractivity contribution is 7.07. The van der Waals surface area contributed by atoms with Crippen molar-refractivity contribution in [3.8, 4) is 0 Å². The molecule has 1 saturated carbocycles. The van der Waals surface area contributed by atoms with Crippen LogP contribution in [0.15, 0.2) is 15.5 Å². The summed E-state index contributed by atoms with van der Waals surface area (Å²) in [4.78, 5) is 5.20. The van der Waals surface area contributed by atoms with Gasteiger partial charge in [-0.3, -0.25) is 4.99 Å². The molecule has 1 aliphatic carbocycles. The van der Waals surface area contributed by atoms with Gasteiger partial charge in [0.25, 0.3) is 0 Å². The molecule has 0 aromatic carbocycles. The van der Waals surface area contributed by atoms with Crippen LogP contribution in [0.4, 0.5) is 0 Å². The van der Waals surface area contributed by atoms with Gasteiger partial charge >= 0.3 is 0 Å². The van der Waals surface area contributed by atoms with Gasteiger partial charge in [0.15, 0.2) is 0 Å². The first kappa shape index (κ1) is 11.6. The molecule has 3 nitrogen and oxygen atoms in total. The van der Waals surface area contributed by atoms with Crippen LogP contribution >= 0.6 is 11.3 Å². The SMILES string of the molecule is CN=c1scc(C)n1/N=C\C1CCCCC1. The van der Waals surface area contributed by atoms with Crippen molar-refractivity contribution in [3.05, 3.63) is 15.9 Å². The van der Waals surface area contributed by atoms with Crippen LogP contribution in [0.1, 0.15) is 37.8 Å². The molecule has 0 saturated heterocycles. The first-order valence-corrected chi connectivity index (χ1v) is 6.83. The number of hydrogen-bond donors (Lipinski definition) is 0. The highest BCUT2D eigenvalue weighted by Gasteiger charge is 2.10. The van der Waals surface area contributed by atoms with Crippen molar-refractivity contribution in [2.24, 2.45) is 16.0 Å². The molecule has 16 heavy (non-hydrogen) atoms. The lowest BCUT2D eigenvalue weighted by Gasteiger charge is -2.16. The maximum Gasteiger partial charge on any atom is 0.205 e. The van der Waals surface area contributed by atoms with Gasteiger partial charge in [0.05, 0.1) is 5.69 Å². The van der Waals surface area contributed by atoms with Crippen molar-refractivity contribution in [1.29, 1.82) is 0 Å². The van der Waals surface area contributed by atoms with Gasteiger partial charge in [0.2, 0.25) is 4.80 Å². The topological polar surface area (TPSA) is 29.6 Å². The molecule has 1 fully saturated rings. The molecule has 0 atom stereocenters. The van der Waals surface area contributed by atoms with Crippen molar-refractivity contribution in [3.63, 3.8) is 0 Å². The van der Waals surface area contributed by atoms with Crippen molar-refractivity contribution in [2.75, 3.05) is 7.05 Å². The minimum absolute atomic E-state index is 0.672. The first-order chi connectivity index (χ1) is 7.81. The van der Waals surface area contributed by atoms with Crippen LogP contribution in [0.25, 0.3) is 0 Å². The van der Waals surface area contributed by atoms with Gasteiger partial charge in [-0.2, -0.15) is 5.10 Å². The molecule has 0 radical (unpaired) electrons. The summed E-state index contributed by atoms with van der Waals surface area (Å²) in [6.07, 6.45) is 8.82. The summed E-state index contributed by atoms with van der Waals surface area (Å²) >= 11 is 1.65. The monoisotopic (exact) mass is 237 g/mol. The zero-order valence-electron chi connectivity index (χ0n) is 10.0. The minimum atomic E-state index is 0.672. The number of aryl methyl sites for hydroxylation is 1. The van der Waals surface area contributed by atoms with E-state index in [0.29, 0.717) is 5.92 Å². The second-order valence-electron chi connectivity index (χ2n) is 4.36. The average molecular weight is 237 g/mol. The van der Waals surface area contributed by atoms with Crippen molar-refractivity contribution < 1.29 is 0 Å². The van der Waals surface area contributed by atoms with Crippen LogP contribution < -0.4 is 4.80 Å². The maximum atomic E-state index is 4.57. The Morgan fingerprint density at radius 2 is 2.12 bits per heavy atom. The molecule has 0 N–H and O–H groups in total. The smallest absolute Gasteiger partial charge is 0.205 e. The van der Waals surface area contributed by atoms with Gasteiger partial charge in [0.1, 0.15) is 0 Å². The Hall–Kier alpha value is -0.900. The molecule has 0 bridgehead atoms. The second kappa shape index (κ2) is 5.43. The van der Waals surface area contributed by atoms with Gasteiger partial charge in [-0.15, -0.1) is 11.3 Å². The Balaban J connectivity index is 2.13. The second-order valence-corrected chi connectivity index (χ2v) is 5.19. The Morgan fingerprint density at radius 1 is 1.38 bits per heavy atom. The van der Waals surface area contributed by atoms with E-state index >= 15 is 0 Å². The third-order valence-electron chi connectivity index (χ3n) is 3.08. The average Bonchev–Trinajstić information content (AvgIpc) is 2.69. The molecule has 0 unspecified atom stereocenters. The Labute approximate surface area is 101 Å². The van der Waals surface area contributed by atoms with E-state index in [0.717, 1.165) is 10.5 Å². The zero-order valence-corrected chi connectivity index (χ0v) is 10.8. The Bertz CT molecular complexity index is 422. The van der Waals surface area contributed by atoms with Gasteiger partial charge in [-0.25, -0.2) is 4.68 Å². The Morgan fingerprint density at radius 3 is 2.81 bits per heavy atom. The summed E-state index contributed by atoms with van der Waals surface area (Å²) in [5, 5.41) is 6.67. The van der Waals surface area contributed by atoms with Crippen LogP contribution in [0.5, 0.6) is 0 Å². The highest BCUT2D eigenvalue weighted by Crippen LogP contribution is 2.21. The Kier molecular flexibility index (Phi) is 3.93. The largest absolute Gasteiger partial charge is 0.261 e. The maximum absolute atomic E-state index is 4.57. The predicted molar refractivity (Wildman–Crippen MR) is 69.0 cm³/mol. The van der Waals surface area contributed by atoms with Gasteiger partial charge in [0, 0.05) is 18.6 Å². The van der Waals surface area contributed by atoms with Gasteiger partial charge in [-0.05, 0) is 25.7 Å². The first-order valence-electron chi connectivity index (χ1n) is 5.95. The van der Waals surface area contributed by atoms with E-state index in [9.17, 15) is 0 Å². The molecule has 0 aliphatic heterocycles. The molecule has 1 aromatic rings. The summed E-state index contributed by atoms with van der Waals surface area (Å²) in [6, 6.07) is 0. The van der Waals surface area contributed by atoms with E-state index < -0.39 is 0 Å². The fraction of sp³-hybridized carbons (Fsp3) is 0.667. The van der Waals surface area contributed by atoms with E-state index in [-0.39, 0.29) is 0 Å². The number of hydrogen-bond acceptors (Lipinski definition) is 3. The minimum Gasteiger partial charge on any atom is -0.261 e. The predicted octanol–water partition coefficient (Wildman–Crippen LogP) is 2.80. The summed E-state index contributed by atoms with van der Waals surface area (Å²) in [5.74, 6) is 0.672. The van der Waals surface area contributed by atoms with E-state index in [4.69, 9.17) is 0 Å².